The van der Waals surface area contributed by atoms with E-state index < -0.39 is 5.97 Å². The number of hydrogen-bond donors (Lipinski definition) is 1. The van der Waals surface area contributed by atoms with Crippen LogP contribution in [0.3, 0.4) is 0 Å². The number of quaternary nitrogens is 1. The third-order valence-corrected chi connectivity index (χ3v) is 3.96. The molecule has 0 spiro atoms. The Kier molecular flexibility index (Phi) is 14.0. The molecule has 0 aliphatic heterocycles. The van der Waals surface area contributed by atoms with Gasteiger partial charge in [0.1, 0.15) is 5.75 Å². The maximum Gasteiger partial charge on any atom is 0.118 e. The van der Waals surface area contributed by atoms with Crippen molar-refractivity contribution in [3.05, 3.63) is 29.8 Å². The first kappa shape index (κ1) is 24.1. The predicted octanol–water partition coefficient (Wildman–Crippen LogP) is -1.69. The number of hydrogen-bond acceptors (Lipinski definition) is 4. The minimum absolute atomic E-state index is 0. The van der Waals surface area contributed by atoms with Gasteiger partial charge in [0.05, 0.1) is 39.8 Å². The van der Waals surface area contributed by atoms with Crippen molar-refractivity contribution in [3.63, 3.8) is 0 Å². The van der Waals surface area contributed by atoms with Crippen molar-refractivity contribution in [3.8, 4) is 5.75 Å². The first-order chi connectivity index (χ1) is 10.4. The lowest BCUT2D eigenvalue weighted by atomic mass is 10.2. The van der Waals surface area contributed by atoms with Crippen LogP contribution in [0.2, 0.25) is 0 Å². The molecule has 1 aromatic rings. The summed E-state index contributed by atoms with van der Waals surface area (Å²) < 4.78 is 5.97. The zero-order valence-electron chi connectivity index (χ0n) is 14.5. The zero-order chi connectivity index (χ0) is 17.0. The number of carbonyl (C=O) groups is 1. The van der Waals surface area contributed by atoms with Crippen molar-refractivity contribution < 1.29 is 41.2 Å². The third-order valence-electron chi connectivity index (χ3n) is 3.96. The van der Waals surface area contributed by atoms with Crippen LogP contribution < -0.4 is 26.8 Å². The second kappa shape index (κ2) is 13.3. The normalized spacial score (nSPS) is 10.1. The molecule has 0 aliphatic rings. The maximum atomic E-state index is 10.2. The molecule has 1 aromatic carbocycles. The predicted molar refractivity (Wildman–Crippen MR) is 85.8 cm³/mol. The van der Waals surface area contributed by atoms with Crippen LogP contribution in [-0.4, -0.2) is 56.0 Å². The molecule has 6 heteroatoms. The van der Waals surface area contributed by atoms with E-state index in [-0.39, 0.29) is 22.5 Å². The number of carboxylic acids is 1. The summed E-state index contributed by atoms with van der Waals surface area (Å²) in [5, 5.41) is 18.9. The summed E-state index contributed by atoms with van der Waals surface area (Å²) >= 11 is 0. The number of halogens is 1. The molecular formula is C17H29BrNO4-. The van der Waals surface area contributed by atoms with Gasteiger partial charge in [0.2, 0.25) is 0 Å². The van der Waals surface area contributed by atoms with Crippen molar-refractivity contribution >= 4 is 5.97 Å². The summed E-state index contributed by atoms with van der Waals surface area (Å²) in [6.07, 6.45) is 2.10. The Bertz CT molecular complexity index is 419. The Hall–Kier alpha value is -1.11. The fourth-order valence-corrected chi connectivity index (χ4v) is 1.87. The number of carbonyl (C=O) groups excluding carboxylic acids is 1. The molecule has 1 N–H and O–H groups in total. The molecular weight excluding hydrogens is 362 g/mol. The van der Waals surface area contributed by atoms with Crippen molar-refractivity contribution in [2.75, 3.05) is 40.4 Å². The third kappa shape index (κ3) is 10.3. The molecule has 0 saturated heterocycles. The van der Waals surface area contributed by atoms with Crippen LogP contribution in [0.5, 0.6) is 5.75 Å². The van der Waals surface area contributed by atoms with Crippen LogP contribution >= 0.6 is 0 Å². The van der Waals surface area contributed by atoms with Crippen LogP contribution in [0.1, 0.15) is 37.0 Å². The monoisotopic (exact) mass is 390 g/mol. The van der Waals surface area contributed by atoms with Crippen molar-refractivity contribution in [1.29, 1.82) is 0 Å². The van der Waals surface area contributed by atoms with Gasteiger partial charge in [-0.1, -0.05) is 0 Å². The molecule has 0 aromatic heterocycles. The van der Waals surface area contributed by atoms with Crippen molar-refractivity contribution in [2.45, 2.75) is 26.7 Å². The molecule has 0 amide bonds. The van der Waals surface area contributed by atoms with Gasteiger partial charge in [-0.3, -0.25) is 0 Å². The number of aliphatic hydroxyl groups is 1. The zero-order valence-corrected chi connectivity index (χ0v) is 16.1. The summed E-state index contributed by atoms with van der Waals surface area (Å²) in [7, 11) is 3.80. The number of nitrogens with zero attached hydrogens (tertiary/aromatic N) is 1. The topological polar surface area (TPSA) is 69.6 Å². The van der Waals surface area contributed by atoms with E-state index >= 15 is 0 Å². The van der Waals surface area contributed by atoms with Gasteiger partial charge in [-0.05, 0) is 56.5 Å². The van der Waals surface area contributed by atoms with E-state index in [4.69, 9.17) is 9.84 Å². The Labute approximate surface area is 150 Å². The SMILES string of the molecule is CC[N+](C)(CC)CCCCO.COc1ccc(C(=O)[O-])cc1.[Br-]. The maximum absolute atomic E-state index is 10.2. The van der Waals surface area contributed by atoms with Crippen LogP contribution in [0, 0.1) is 0 Å². The molecule has 0 bridgehead atoms. The highest BCUT2D eigenvalue weighted by Gasteiger charge is 2.14. The standard InChI is InChI=1S/C9H22NO.C8H8O3.BrH/c1-4-10(3,5-2)8-6-7-9-11;1-11-7-4-2-6(3-5-7)8(9)10;/h11H,4-9H2,1-3H3;2-5H,1H3,(H,9,10);1H/q+1;;/p-2. The molecule has 0 atom stereocenters. The first-order valence-electron chi connectivity index (χ1n) is 7.72. The van der Waals surface area contributed by atoms with Gasteiger partial charge < -0.3 is 41.2 Å². The Morgan fingerprint density at radius 2 is 1.70 bits per heavy atom. The highest BCUT2D eigenvalue weighted by atomic mass is 79.9. The fraction of sp³-hybridized carbons (Fsp3) is 0.588. The first-order valence-corrected chi connectivity index (χ1v) is 7.72. The van der Waals surface area contributed by atoms with Gasteiger partial charge in [-0.15, -0.1) is 0 Å². The number of carboxylic acid groups (broad SMARTS) is 1. The van der Waals surface area contributed by atoms with Crippen LogP contribution in [0.25, 0.3) is 0 Å². The largest absolute Gasteiger partial charge is 1.00 e. The lowest BCUT2D eigenvalue weighted by molar-refractivity contribution is -0.906. The van der Waals surface area contributed by atoms with Crippen LogP contribution in [0.15, 0.2) is 24.3 Å². The summed E-state index contributed by atoms with van der Waals surface area (Å²) in [5.41, 5.74) is 0.158. The number of ether oxygens (including phenoxy) is 1. The van der Waals surface area contributed by atoms with Crippen LogP contribution in [-0.2, 0) is 0 Å². The van der Waals surface area contributed by atoms with Crippen LogP contribution in [0.4, 0.5) is 0 Å². The molecule has 0 saturated carbocycles. The van der Waals surface area contributed by atoms with E-state index in [2.05, 4.69) is 20.9 Å². The number of benzene rings is 1. The number of methoxy groups -OCH3 is 1. The number of rotatable bonds is 8. The van der Waals surface area contributed by atoms with E-state index in [1.54, 1.807) is 12.1 Å². The molecule has 0 fully saturated rings. The van der Waals surface area contributed by atoms with Gasteiger partial charge in [0.25, 0.3) is 0 Å². The summed E-state index contributed by atoms with van der Waals surface area (Å²) in [6.45, 7) is 8.38. The summed E-state index contributed by atoms with van der Waals surface area (Å²) in [5.74, 6) is -0.539. The fourth-order valence-electron chi connectivity index (χ4n) is 1.87. The van der Waals surface area contributed by atoms with Gasteiger partial charge in [-0.2, -0.15) is 0 Å². The Morgan fingerprint density at radius 1 is 1.17 bits per heavy atom. The molecule has 1 rings (SSSR count). The van der Waals surface area contributed by atoms with E-state index in [0.717, 1.165) is 17.3 Å². The molecule has 0 radical (unpaired) electrons. The number of unbranched alkanes of at least 4 members (excludes halogenated alkanes) is 1. The van der Waals surface area contributed by atoms with E-state index in [0.29, 0.717) is 12.4 Å². The second-order valence-electron chi connectivity index (χ2n) is 5.42. The van der Waals surface area contributed by atoms with Gasteiger partial charge in [0, 0.05) is 6.61 Å². The summed E-state index contributed by atoms with van der Waals surface area (Å²) in [4.78, 5) is 10.2. The van der Waals surface area contributed by atoms with Crippen molar-refractivity contribution in [2.24, 2.45) is 0 Å². The molecule has 134 valence electrons. The van der Waals surface area contributed by atoms with Crippen molar-refractivity contribution in [1.82, 2.24) is 0 Å². The molecule has 0 heterocycles. The van der Waals surface area contributed by atoms with Gasteiger partial charge >= 0.3 is 0 Å². The van der Waals surface area contributed by atoms with E-state index in [1.807, 2.05) is 0 Å². The van der Waals surface area contributed by atoms with Gasteiger partial charge in [-0.25, -0.2) is 0 Å². The average molecular weight is 391 g/mol. The quantitative estimate of drug-likeness (QED) is 0.424. The number of aliphatic hydroxyl groups excluding tert-OH is 1. The molecule has 0 aliphatic carbocycles. The molecule has 0 unspecified atom stereocenters. The highest BCUT2D eigenvalue weighted by molar-refractivity contribution is 5.85. The Morgan fingerprint density at radius 3 is 2.04 bits per heavy atom. The second-order valence-corrected chi connectivity index (χ2v) is 5.42. The number of aromatic carboxylic acids is 1. The van der Waals surface area contributed by atoms with E-state index in [9.17, 15) is 9.90 Å². The summed E-state index contributed by atoms with van der Waals surface area (Å²) in [6, 6.07) is 6.03. The lowest BCUT2D eigenvalue weighted by Gasteiger charge is -2.32. The lowest BCUT2D eigenvalue weighted by Crippen LogP contribution is -3.00. The molecule has 5 nitrogen and oxygen atoms in total. The minimum Gasteiger partial charge on any atom is -1.00 e. The highest BCUT2D eigenvalue weighted by Crippen LogP contribution is 2.10. The Balaban J connectivity index is 0. The van der Waals surface area contributed by atoms with E-state index in [1.165, 1.54) is 38.9 Å². The minimum atomic E-state index is -1.17. The average Bonchev–Trinajstić information content (AvgIpc) is 2.55. The molecule has 23 heavy (non-hydrogen) atoms. The van der Waals surface area contributed by atoms with Gasteiger partial charge in [0.15, 0.2) is 0 Å². The smallest absolute Gasteiger partial charge is 0.118 e.